The van der Waals surface area contributed by atoms with E-state index in [-0.39, 0.29) is 0 Å². The van der Waals surface area contributed by atoms with Gasteiger partial charge in [-0.1, -0.05) is 24.3 Å². The molecule has 110 valence electrons. The maximum absolute atomic E-state index is 4.36. The number of hydrogen-bond donors (Lipinski definition) is 1. The van der Waals surface area contributed by atoms with E-state index in [1.165, 1.54) is 11.1 Å². The third-order valence-corrected chi connectivity index (χ3v) is 3.42. The van der Waals surface area contributed by atoms with E-state index in [1.807, 2.05) is 53.5 Å². The molecule has 0 amide bonds. The van der Waals surface area contributed by atoms with Crippen molar-refractivity contribution in [1.29, 1.82) is 0 Å². The summed E-state index contributed by atoms with van der Waals surface area (Å²) in [4.78, 5) is 0. The first-order valence-electron chi connectivity index (χ1n) is 7.19. The van der Waals surface area contributed by atoms with Crippen LogP contribution in [0.1, 0.15) is 16.7 Å². The third-order valence-electron chi connectivity index (χ3n) is 3.42. The zero-order chi connectivity index (χ0) is 15.4. The number of anilines is 1. The number of nitrogens with zero attached hydrogens (tertiary/aromatic N) is 3. The summed E-state index contributed by atoms with van der Waals surface area (Å²) in [6.45, 7) is 4.17. The standard InChI is InChI=1S/C18H18N4/c1-14-11-15(2)17(18(12-14)22-10-6-9-20-22)13-19-21-16-7-4-3-5-8-16/h3-13,21H,1-2H3. The second-order valence-electron chi connectivity index (χ2n) is 5.20. The number of benzene rings is 2. The van der Waals surface area contributed by atoms with Gasteiger partial charge >= 0.3 is 0 Å². The summed E-state index contributed by atoms with van der Waals surface area (Å²) in [7, 11) is 0. The zero-order valence-corrected chi connectivity index (χ0v) is 12.7. The van der Waals surface area contributed by atoms with Crippen LogP contribution in [-0.2, 0) is 0 Å². The average Bonchev–Trinajstić information content (AvgIpc) is 3.04. The summed E-state index contributed by atoms with van der Waals surface area (Å²) >= 11 is 0. The quantitative estimate of drug-likeness (QED) is 0.584. The highest BCUT2D eigenvalue weighted by Crippen LogP contribution is 2.19. The Kier molecular flexibility index (Phi) is 4.01. The molecule has 1 aromatic heterocycles. The Morgan fingerprint density at radius 2 is 1.91 bits per heavy atom. The van der Waals surface area contributed by atoms with Crippen LogP contribution in [0.2, 0.25) is 0 Å². The molecule has 0 spiro atoms. The van der Waals surface area contributed by atoms with E-state index < -0.39 is 0 Å². The van der Waals surface area contributed by atoms with E-state index in [4.69, 9.17) is 0 Å². The molecule has 22 heavy (non-hydrogen) atoms. The van der Waals surface area contributed by atoms with Crippen LogP contribution in [0, 0.1) is 13.8 Å². The molecule has 0 aliphatic rings. The Balaban J connectivity index is 1.93. The second-order valence-corrected chi connectivity index (χ2v) is 5.20. The topological polar surface area (TPSA) is 42.2 Å². The van der Waals surface area contributed by atoms with Gasteiger partial charge in [-0.05, 0) is 49.2 Å². The minimum Gasteiger partial charge on any atom is -0.279 e. The fourth-order valence-electron chi connectivity index (χ4n) is 2.41. The summed E-state index contributed by atoms with van der Waals surface area (Å²) in [5, 5.41) is 8.69. The van der Waals surface area contributed by atoms with E-state index in [9.17, 15) is 0 Å². The van der Waals surface area contributed by atoms with Crippen molar-refractivity contribution >= 4 is 11.9 Å². The summed E-state index contributed by atoms with van der Waals surface area (Å²) in [6.07, 6.45) is 5.57. The van der Waals surface area contributed by atoms with Gasteiger partial charge in [-0.3, -0.25) is 5.43 Å². The van der Waals surface area contributed by atoms with Crippen LogP contribution < -0.4 is 5.43 Å². The summed E-state index contributed by atoms with van der Waals surface area (Å²) in [6, 6.07) is 16.1. The maximum Gasteiger partial charge on any atom is 0.0739 e. The van der Waals surface area contributed by atoms with Crippen LogP contribution in [0.25, 0.3) is 5.69 Å². The van der Waals surface area contributed by atoms with Crippen molar-refractivity contribution in [3.8, 4) is 5.69 Å². The minimum absolute atomic E-state index is 0.962. The Hall–Kier alpha value is -2.88. The normalized spacial score (nSPS) is 11.0. The van der Waals surface area contributed by atoms with Crippen LogP contribution in [0.5, 0.6) is 0 Å². The van der Waals surface area contributed by atoms with Gasteiger partial charge in [0.05, 0.1) is 17.6 Å². The lowest BCUT2D eigenvalue weighted by atomic mass is 10.0. The first-order chi connectivity index (χ1) is 10.7. The number of para-hydroxylation sites is 1. The van der Waals surface area contributed by atoms with Crippen LogP contribution in [0.4, 0.5) is 5.69 Å². The van der Waals surface area contributed by atoms with Crippen molar-refractivity contribution in [2.45, 2.75) is 13.8 Å². The van der Waals surface area contributed by atoms with Crippen LogP contribution in [0.3, 0.4) is 0 Å². The SMILES string of the molecule is Cc1cc(C)c(C=NNc2ccccc2)c(-n2cccn2)c1. The Bertz CT molecular complexity index is 774. The maximum atomic E-state index is 4.36. The molecule has 0 bridgehead atoms. The van der Waals surface area contributed by atoms with E-state index in [1.54, 1.807) is 6.20 Å². The molecule has 0 fully saturated rings. The van der Waals surface area contributed by atoms with Crippen LogP contribution in [-0.4, -0.2) is 16.0 Å². The molecule has 0 radical (unpaired) electrons. The summed E-state index contributed by atoms with van der Waals surface area (Å²) in [5.41, 5.74) is 8.47. The molecule has 0 saturated heterocycles. The molecule has 0 aliphatic heterocycles. The number of aromatic nitrogens is 2. The molecule has 2 aromatic carbocycles. The van der Waals surface area contributed by atoms with Gasteiger partial charge in [0.2, 0.25) is 0 Å². The Labute approximate surface area is 130 Å². The number of hydrogen-bond acceptors (Lipinski definition) is 3. The van der Waals surface area contributed by atoms with Crippen molar-refractivity contribution in [2.75, 3.05) is 5.43 Å². The molecule has 1 N–H and O–H groups in total. The molecular formula is C18H18N4. The van der Waals surface area contributed by atoms with E-state index in [2.05, 4.69) is 41.6 Å². The Morgan fingerprint density at radius 3 is 2.64 bits per heavy atom. The van der Waals surface area contributed by atoms with Gasteiger partial charge in [0.1, 0.15) is 0 Å². The molecule has 4 heteroatoms. The fourth-order valence-corrected chi connectivity index (χ4v) is 2.41. The molecule has 3 rings (SSSR count). The van der Waals surface area contributed by atoms with E-state index in [0.29, 0.717) is 0 Å². The first kappa shape index (κ1) is 14.1. The van der Waals surface area contributed by atoms with Crippen LogP contribution >= 0.6 is 0 Å². The molecular weight excluding hydrogens is 272 g/mol. The molecule has 4 nitrogen and oxygen atoms in total. The van der Waals surface area contributed by atoms with Crippen molar-refractivity contribution < 1.29 is 0 Å². The van der Waals surface area contributed by atoms with Gasteiger partial charge in [-0.25, -0.2) is 4.68 Å². The van der Waals surface area contributed by atoms with Crippen molar-refractivity contribution in [3.05, 3.63) is 77.6 Å². The minimum atomic E-state index is 0.962. The third kappa shape index (κ3) is 3.06. The Morgan fingerprint density at radius 1 is 1.09 bits per heavy atom. The second kappa shape index (κ2) is 6.26. The highest BCUT2D eigenvalue weighted by Gasteiger charge is 2.07. The summed E-state index contributed by atoms with van der Waals surface area (Å²) < 4.78 is 1.86. The van der Waals surface area contributed by atoms with Crippen molar-refractivity contribution in [3.63, 3.8) is 0 Å². The van der Waals surface area contributed by atoms with Crippen LogP contribution in [0.15, 0.2) is 66.0 Å². The molecule has 0 saturated carbocycles. The van der Waals surface area contributed by atoms with Crippen molar-refractivity contribution in [2.24, 2.45) is 5.10 Å². The van der Waals surface area contributed by atoms with Crippen molar-refractivity contribution in [1.82, 2.24) is 9.78 Å². The van der Waals surface area contributed by atoms with Gasteiger partial charge in [0.15, 0.2) is 0 Å². The molecule has 1 heterocycles. The number of rotatable bonds is 4. The van der Waals surface area contributed by atoms with Gasteiger partial charge in [-0.2, -0.15) is 10.2 Å². The lowest BCUT2D eigenvalue weighted by Gasteiger charge is -2.11. The first-order valence-corrected chi connectivity index (χ1v) is 7.19. The smallest absolute Gasteiger partial charge is 0.0739 e. The predicted molar refractivity (Wildman–Crippen MR) is 90.7 cm³/mol. The van der Waals surface area contributed by atoms with E-state index in [0.717, 1.165) is 16.9 Å². The average molecular weight is 290 g/mol. The van der Waals surface area contributed by atoms with E-state index >= 15 is 0 Å². The summed E-state index contributed by atoms with van der Waals surface area (Å²) in [5.74, 6) is 0. The number of nitrogens with one attached hydrogen (secondary N) is 1. The molecule has 0 aliphatic carbocycles. The van der Waals surface area contributed by atoms with Gasteiger partial charge < -0.3 is 0 Å². The highest BCUT2D eigenvalue weighted by atomic mass is 15.3. The number of aryl methyl sites for hydroxylation is 2. The molecule has 0 atom stereocenters. The largest absolute Gasteiger partial charge is 0.279 e. The molecule has 3 aromatic rings. The molecule has 0 unspecified atom stereocenters. The predicted octanol–water partition coefficient (Wildman–Crippen LogP) is 3.94. The fraction of sp³-hybridized carbons (Fsp3) is 0.111. The van der Waals surface area contributed by atoms with Gasteiger partial charge in [-0.15, -0.1) is 0 Å². The van der Waals surface area contributed by atoms with Gasteiger partial charge in [0, 0.05) is 18.0 Å². The zero-order valence-electron chi connectivity index (χ0n) is 12.7. The lowest BCUT2D eigenvalue weighted by molar-refractivity contribution is 0.876. The monoisotopic (exact) mass is 290 g/mol. The van der Waals surface area contributed by atoms with Gasteiger partial charge in [0.25, 0.3) is 0 Å². The lowest BCUT2D eigenvalue weighted by Crippen LogP contribution is -2.03. The number of hydrazone groups is 1. The highest BCUT2D eigenvalue weighted by molar-refractivity contribution is 5.87.